The maximum atomic E-state index is 12.4. The van der Waals surface area contributed by atoms with Crippen LogP contribution in [0.2, 0.25) is 5.02 Å². The highest BCUT2D eigenvalue weighted by Crippen LogP contribution is 2.28. The molecule has 1 amide bonds. The highest BCUT2D eigenvalue weighted by atomic mass is 35.5. The van der Waals surface area contributed by atoms with E-state index in [1.165, 1.54) is 36.1 Å². The number of nitro groups is 1. The Kier molecular flexibility index (Phi) is 5.93. The number of amides is 1. The molecule has 0 spiro atoms. The van der Waals surface area contributed by atoms with Gasteiger partial charge in [0.2, 0.25) is 11.7 Å². The van der Waals surface area contributed by atoms with Gasteiger partial charge in [0.05, 0.1) is 10.8 Å². The summed E-state index contributed by atoms with van der Waals surface area (Å²) in [6.07, 6.45) is -1.07. The zero-order valence-corrected chi connectivity index (χ0v) is 16.2. The summed E-state index contributed by atoms with van der Waals surface area (Å²) in [4.78, 5) is 48.7. The van der Waals surface area contributed by atoms with Gasteiger partial charge < -0.3 is 9.64 Å². The molecule has 0 unspecified atom stereocenters. The number of ketones is 1. The topological polar surface area (TPSA) is 107 Å². The normalized spacial score (nSPS) is 17.1. The SMILES string of the molecule is C[C@@H](OC(=O)[C@@H]1CC(=O)N(c2ccc([N+](=O)[O-])cc2)C1)C(=O)c1ccc(Cl)cc1. The molecule has 0 aliphatic carbocycles. The van der Waals surface area contributed by atoms with Gasteiger partial charge >= 0.3 is 5.97 Å². The summed E-state index contributed by atoms with van der Waals surface area (Å²) in [6, 6.07) is 11.7. The molecule has 1 fully saturated rings. The molecule has 0 N–H and O–H groups in total. The molecule has 3 rings (SSSR count). The van der Waals surface area contributed by atoms with Crippen LogP contribution in [0, 0.1) is 16.0 Å². The van der Waals surface area contributed by atoms with Crippen molar-refractivity contribution < 1.29 is 24.0 Å². The lowest BCUT2D eigenvalue weighted by Gasteiger charge is -2.17. The van der Waals surface area contributed by atoms with Crippen LogP contribution in [0.4, 0.5) is 11.4 Å². The van der Waals surface area contributed by atoms with Crippen LogP contribution in [-0.4, -0.2) is 35.2 Å². The van der Waals surface area contributed by atoms with Crippen molar-refractivity contribution in [2.45, 2.75) is 19.4 Å². The number of hydrogen-bond acceptors (Lipinski definition) is 6. The Balaban J connectivity index is 1.63. The van der Waals surface area contributed by atoms with Crippen LogP contribution in [0.25, 0.3) is 0 Å². The smallest absolute Gasteiger partial charge is 0.312 e. The van der Waals surface area contributed by atoms with Crippen LogP contribution < -0.4 is 4.90 Å². The summed E-state index contributed by atoms with van der Waals surface area (Å²) in [5.41, 5.74) is 0.733. The molecule has 29 heavy (non-hydrogen) atoms. The van der Waals surface area contributed by atoms with Crippen LogP contribution in [0.3, 0.4) is 0 Å². The zero-order valence-electron chi connectivity index (χ0n) is 15.4. The van der Waals surface area contributed by atoms with E-state index in [4.69, 9.17) is 16.3 Å². The summed E-state index contributed by atoms with van der Waals surface area (Å²) in [5, 5.41) is 11.2. The molecular weight excluding hydrogens is 400 g/mol. The van der Waals surface area contributed by atoms with Gasteiger partial charge in [0, 0.05) is 41.4 Å². The molecule has 1 saturated heterocycles. The average Bonchev–Trinajstić information content (AvgIpc) is 3.10. The molecule has 0 saturated carbocycles. The second kappa shape index (κ2) is 8.40. The molecule has 8 nitrogen and oxygen atoms in total. The first kappa shape index (κ1) is 20.5. The summed E-state index contributed by atoms with van der Waals surface area (Å²) >= 11 is 5.80. The number of hydrogen-bond donors (Lipinski definition) is 0. The lowest BCUT2D eigenvalue weighted by molar-refractivity contribution is -0.384. The van der Waals surface area contributed by atoms with Gasteiger partial charge in [-0.15, -0.1) is 0 Å². The van der Waals surface area contributed by atoms with Gasteiger partial charge in [-0.2, -0.15) is 0 Å². The third kappa shape index (κ3) is 4.60. The fraction of sp³-hybridized carbons (Fsp3) is 0.250. The molecule has 2 aromatic carbocycles. The first-order chi connectivity index (χ1) is 13.8. The van der Waals surface area contributed by atoms with E-state index in [1.54, 1.807) is 24.3 Å². The lowest BCUT2D eigenvalue weighted by Crippen LogP contribution is -2.30. The van der Waals surface area contributed by atoms with Gasteiger partial charge in [0.15, 0.2) is 6.10 Å². The van der Waals surface area contributed by atoms with E-state index in [2.05, 4.69) is 0 Å². The molecule has 1 aliphatic rings. The number of carbonyl (C=O) groups is 3. The molecule has 9 heteroatoms. The van der Waals surface area contributed by atoms with Crippen LogP contribution in [-0.2, 0) is 14.3 Å². The largest absolute Gasteiger partial charge is 0.454 e. The number of carbonyl (C=O) groups excluding carboxylic acids is 3. The molecule has 0 bridgehead atoms. The fourth-order valence-corrected chi connectivity index (χ4v) is 3.17. The van der Waals surface area contributed by atoms with Crippen molar-refractivity contribution in [2.75, 3.05) is 11.4 Å². The molecular formula is C20H17ClN2O6. The van der Waals surface area contributed by atoms with E-state index in [9.17, 15) is 24.5 Å². The zero-order chi connectivity index (χ0) is 21.1. The predicted octanol–water partition coefficient (Wildman–Crippen LogP) is 3.42. The Bertz CT molecular complexity index is 958. The maximum absolute atomic E-state index is 12.4. The Hall–Kier alpha value is -3.26. The summed E-state index contributed by atoms with van der Waals surface area (Å²) < 4.78 is 5.27. The molecule has 0 radical (unpaired) electrons. The fourth-order valence-electron chi connectivity index (χ4n) is 3.04. The summed E-state index contributed by atoms with van der Waals surface area (Å²) in [5.74, 6) is -2.03. The first-order valence-electron chi connectivity index (χ1n) is 8.81. The van der Waals surface area contributed by atoms with Crippen LogP contribution in [0.15, 0.2) is 48.5 Å². The molecule has 1 aliphatic heterocycles. The van der Waals surface area contributed by atoms with E-state index in [0.29, 0.717) is 16.3 Å². The number of nitro benzene ring substituents is 1. The van der Waals surface area contributed by atoms with Crippen molar-refractivity contribution >= 4 is 40.6 Å². The third-order valence-corrected chi connectivity index (χ3v) is 4.87. The van der Waals surface area contributed by atoms with Crippen molar-refractivity contribution in [3.63, 3.8) is 0 Å². The van der Waals surface area contributed by atoms with Crippen LogP contribution in [0.1, 0.15) is 23.7 Å². The van der Waals surface area contributed by atoms with Crippen LogP contribution in [0.5, 0.6) is 0 Å². The highest BCUT2D eigenvalue weighted by Gasteiger charge is 2.37. The van der Waals surface area contributed by atoms with E-state index in [1.807, 2.05) is 0 Å². The van der Waals surface area contributed by atoms with Crippen molar-refractivity contribution in [2.24, 2.45) is 5.92 Å². The van der Waals surface area contributed by atoms with Gasteiger partial charge in [-0.1, -0.05) is 11.6 Å². The Labute approximate surface area is 171 Å². The van der Waals surface area contributed by atoms with Crippen molar-refractivity contribution in [1.82, 2.24) is 0 Å². The highest BCUT2D eigenvalue weighted by molar-refractivity contribution is 6.30. The lowest BCUT2D eigenvalue weighted by atomic mass is 10.1. The second-order valence-corrected chi connectivity index (χ2v) is 7.07. The molecule has 0 aromatic heterocycles. The maximum Gasteiger partial charge on any atom is 0.312 e. The number of esters is 1. The van der Waals surface area contributed by atoms with Gasteiger partial charge in [0.1, 0.15) is 0 Å². The van der Waals surface area contributed by atoms with Crippen molar-refractivity contribution in [1.29, 1.82) is 0 Å². The van der Waals surface area contributed by atoms with Crippen LogP contribution >= 0.6 is 11.6 Å². The van der Waals surface area contributed by atoms with E-state index >= 15 is 0 Å². The van der Waals surface area contributed by atoms with Gasteiger partial charge in [-0.3, -0.25) is 24.5 Å². The Morgan fingerprint density at radius 2 is 1.79 bits per heavy atom. The molecule has 2 atom stereocenters. The number of non-ortho nitro benzene ring substituents is 1. The minimum Gasteiger partial charge on any atom is -0.454 e. The number of anilines is 1. The number of rotatable bonds is 6. The predicted molar refractivity (Wildman–Crippen MR) is 105 cm³/mol. The monoisotopic (exact) mass is 416 g/mol. The van der Waals surface area contributed by atoms with Gasteiger partial charge in [0.25, 0.3) is 5.69 Å². The third-order valence-electron chi connectivity index (χ3n) is 4.62. The molecule has 1 heterocycles. The van der Waals surface area contributed by atoms with E-state index < -0.39 is 22.9 Å². The number of benzene rings is 2. The number of ether oxygens (including phenoxy) is 1. The minimum absolute atomic E-state index is 0.0579. The minimum atomic E-state index is -1.01. The van der Waals surface area contributed by atoms with Crippen molar-refractivity contribution in [3.8, 4) is 0 Å². The molecule has 2 aromatic rings. The average molecular weight is 417 g/mol. The quantitative estimate of drug-likeness (QED) is 0.309. The Morgan fingerprint density at radius 3 is 2.38 bits per heavy atom. The van der Waals surface area contributed by atoms with Gasteiger partial charge in [-0.05, 0) is 43.3 Å². The number of Topliss-reactive ketones (excluding diaryl/α,β-unsaturated/α-hetero) is 1. The standard InChI is InChI=1S/C20H17ClN2O6/c1-12(19(25)13-2-4-15(21)5-3-13)29-20(26)14-10-18(24)22(11-14)16-6-8-17(9-7-16)23(27)28/h2-9,12,14H,10-11H2,1H3/t12-,14-/m1/s1. The summed E-state index contributed by atoms with van der Waals surface area (Å²) in [6.45, 7) is 1.55. The molecule has 150 valence electrons. The van der Waals surface area contributed by atoms with E-state index in [0.717, 1.165) is 0 Å². The number of halogens is 1. The summed E-state index contributed by atoms with van der Waals surface area (Å²) in [7, 11) is 0. The van der Waals surface area contributed by atoms with E-state index in [-0.39, 0.29) is 30.3 Å². The van der Waals surface area contributed by atoms with Crippen molar-refractivity contribution in [3.05, 3.63) is 69.2 Å². The first-order valence-corrected chi connectivity index (χ1v) is 9.19. The Morgan fingerprint density at radius 1 is 1.17 bits per heavy atom. The van der Waals surface area contributed by atoms with Gasteiger partial charge in [-0.25, -0.2) is 0 Å². The number of nitrogens with zero attached hydrogens (tertiary/aromatic N) is 2. The second-order valence-electron chi connectivity index (χ2n) is 6.63.